The summed E-state index contributed by atoms with van der Waals surface area (Å²) in [5, 5.41) is 8.46. The number of benzene rings is 1. The highest BCUT2D eigenvalue weighted by atomic mass is 35.5. The van der Waals surface area contributed by atoms with E-state index in [4.69, 9.17) is 16.7 Å². The Balaban J connectivity index is 3.33. The number of hydrogen-bond donors (Lipinski definition) is 1. The Morgan fingerprint density at radius 1 is 1.46 bits per heavy atom. The molecule has 0 aliphatic rings. The van der Waals surface area contributed by atoms with Gasteiger partial charge in [0.25, 0.3) is 0 Å². The zero-order valence-corrected chi connectivity index (χ0v) is 7.11. The minimum atomic E-state index is -1.51. The van der Waals surface area contributed by atoms with Gasteiger partial charge in [0.2, 0.25) is 0 Å². The third-order valence-corrected chi connectivity index (χ3v) is 1.78. The van der Waals surface area contributed by atoms with Crippen molar-refractivity contribution >= 4 is 17.6 Å². The number of alkyl halides is 1. The topological polar surface area (TPSA) is 37.3 Å². The third-order valence-electron chi connectivity index (χ3n) is 1.47. The van der Waals surface area contributed by atoms with Crippen molar-refractivity contribution in [1.82, 2.24) is 0 Å². The molecule has 1 aromatic rings. The smallest absolute Gasteiger partial charge is 0.338 e. The highest BCUT2D eigenvalue weighted by molar-refractivity contribution is 6.17. The summed E-state index contributed by atoms with van der Waals surface area (Å²) in [7, 11) is 0. The predicted octanol–water partition coefficient (Wildman–Crippen LogP) is 2.40. The highest BCUT2D eigenvalue weighted by Crippen LogP contribution is 2.16. The molecule has 0 unspecified atom stereocenters. The third kappa shape index (κ3) is 1.95. The average Bonchev–Trinajstić information content (AvgIpc) is 2.09. The van der Waals surface area contributed by atoms with Crippen LogP contribution in [0.1, 0.15) is 15.9 Å². The Kier molecular flexibility index (Phi) is 2.83. The maximum atomic E-state index is 12.8. The summed E-state index contributed by atoms with van der Waals surface area (Å²) in [5.41, 5.74) is -0.464. The molecular weight excluding hydrogens is 202 g/mol. The van der Waals surface area contributed by atoms with Gasteiger partial charge in [0.1, 0.15) is 0 Å². The summed E-state index contributed by atoms with van der Waals surface area (Å²) in [4.78, 5) is 10.4. The van der Waals surface area contributed by atoms with Crippen LogP contribution in [0.15, 0.2) is 12.1 Å². The van der Waals surface area contributed by atoms with E-state index in [0.29, 0.717) is 0 Å². The van der Waals surface area contributed by atoms with Gasteiger partial charge in [-0.25, -0.2) is 13.6 Å². The summed E-state index contributed by atoms with van der Waals surface area (Å²) in [6.45, 7) is 0. The summed E-state index contributed by atoms with van der Waals surface area (Å²) in [6.07, 6.45) is 0. The molecule has 0 radical (unpaired) electrons. The van der Waals surface area contributed by atoms with Crippen LogP contribution in [0.3, 0.4) is 0 Å². The van der Waals surface area contributed by atoms with Gasteiger partial charge in [-0.2, -0.15) is 0 Å². The number of aromatic carboxylic acids is 1. The molecule has 1 rings (SSSR count). The lowest BCUT2D eigenvalue weighted by molar-refractivity contribution is 0.0690. The molecule has 1 aromatic carbocycles. The second kappa shape index (κ2) is 3.70. The zero-order chi connectivity index (χ0) is 10.0. The molecule has 0 heterocycles. The van der Waals surface area contributed by atoms with Crippen LogP contribution < -0.4 is 0 Å². The molecule has 0 saturated heterocycles. The van der Waals surface area contributed by atoms with Crippen molar-refractivity contribution in [2.75, 3.05) is 0 Å². The van der Waals surface area contributed by atoms with Crippen LogP contribution in [0.5, 0.6) is 0 Å². The standard InChI is InChI=1S/C8H5ClF2O2/c9-3-4-1-5(8(12)13)7(11)6(10)2-4/h1-2H,3H2,(H,12,13). The SMILES string of the molecule is O=C(O)c1cc(CCl)cc(F)c1F. The molecule has 0 amide bonds. The number of carbonyl (C=O) groups is 1. The molecule has 5 heteroatoms. The molecule has 70 valence electrons. The van der Waals surface area contributed by atoms with Crippen LogP contribution in [-0.2, 0) is 5.88 Å². The Morgan fingerprint density at radius 2 is 2.08 bits per heavy atom. The van der Waals surface area contributed by atoms with Crippen LogP contribution in [-0.4, -0.2) is 11.1 Å². The first-order valence-electron chi connectivity index (χ1n) is 3.33. The molecule has 0 spiro atoms. The lowest BCUT2D eigenvalue weighted by atomic mass is 10.1. The fourth-order valence-electron chi connectivity index (χ4n) is 0.878. The van der Waals surface area contributed by atoms with Crippen molar-refractivity contribution in [3.63, 3.8) is 0 Å². The Hall–Kier alpha value is -1.16. The summed E-state index contributed by atoms with van der Waals surface area (Å²) >= 11 is 5.35. The van der Waals surface area contributed by atoms with Crippen molar-refractivity contribution in [1.29, 1.82) is 0 Å². The molecule has 0 atom stereocenters. The number of carboxylic acid groups (broad SMARTS) is 1. The number of carboxylic acids is 1. The van der Waals surface area contributed by atoms with Crippen LogP contribution in [0.4, 0.5) is 8.78 Å². The monoisotopic (exact) mass is 206 g/mol. The maximum absolute atomic E-state index is 12.8. The first-order valence-corrected chi connectivity index (χ1v) is 3.87. The first kappa shape index (κ1) is 9.92. The van der Waals surface area contributed by atoms with Crippen LogP contribution in [0.2, 0.25) is 0 Å². The van der Waals surface area contributed by atoms with Gasteiger partial charge in [-0.1, -0.05) is 0 Å². The molecule has 0 aliphatic carbocycles. The lowest BCUT2D eigenvalue weighted by Crippen LogP contribution is -2.04. The molecule has 13 heavy (non-hydrogen) atoms. The number of halogens is 3. The van der Waals surface area contributed by atoms with Crippen molar-refractivity contribution in [2.24, 2.45) is 0 Å². The fraction of sp³-hybridized carbons (Fsp3) is 0.125. The van der Waals surface area contributed by atoms with Gasteiger partial charge in [-0.05, 0) is 17.7 Å². The molecule has 0 aromatic heterocycles. The first-order chi connectivity index (χ1) is 6.06. The number of rotatable bonds is 2. The molecule has 0 aliphatic heterocycles. The van der Waals surface area contributed by atoms with E-state index in [1.807, 2.05) is 0 Å². The summed E-state index contributed by atoms with van der Waals surface area (Å²) in [6, 6.07) is 1.88. The van der Waals surface area contributed by atoms with E-state index in [-0.39, 0.29) is 11.4 Å². The van der Waals surface area contributed by atoms with Crippen LogP contribution in [0.25, 0.3) is 0 Å². The van der Waals surface area contributed by atoms with Crippen LogP contribution in [0, 0.1) is 11.6 Å². The quantitative estimate of drug-likeness (QED) is 0.755. The average molecular weight is 207 g/mol. The minimum absolute atomic E-state index is 0.0581. The molecule has 0 fully saturated rings. The lowest BCUT2D eigenvalue weighted by Gasteiger charge is -2.01. The van der Waals surface area contributed by atoms with E-state index >= 15 is 0 Å². The van der Waals surface area contributed by atoms with E-state index < -0.39 is 23.2 Å². The molecule has 2 nitrogen and oxygen atoms in total. The van der Waals surface area contributed by atoms with Gasteiger partial charge in [0.05, 0.1) is 5.56 Å². The molecular formula is C8H5ClF2O2. The van der Waals surface area contributed by atoms with E-state index in [2.05, 4.69) is 0 Å². The normalized spacial score (nSPS) is 10.1. The van der Waals surface area contributed by atoms with Gasteiger partial charge in [-0.15, -0.1) is 11.6 Å². The maximum Gasteiger partial charge on any atom is 0.338 e. The van der Waals surface area contributed by atoms with Gasteiger partial charge in [0.15, 0.2) is 11.6 Å². The molecule has 0 saturated carbocycles. The van der Waals surface area contributed by atoms with Crippen molar-refractivity contribution in [3.05, 3.63) is 34.9 Å². The van der Waals surface area contributed by atoms with E-state index in [1.54, 1.807) is 0 Å². The van der Waals surface area contributed by atoms with Gasteiger partial charge in [-0.3, -0.25) is 0 Å². The Bertz CT molecular complexity index is 352. The van der Waals surface area contributed by atoms with Gasteiger partial charge < -0.3 is 5.11 Å². The highest BCUT2D eigenvalue weighted by Gasteiger charge is 2.15. The zero-order valence-electron chi connectivity index (χ0n) is 6.35. The van der Waals surface area contributed by atoms with E-state index in [0.717, 1.165) is 12.1 Å². The second-order valence-corrected chi connectivity index (χ2v) is 2.65. The molecule has 1 N–H and O–H groups in total. The Labute approximate surface area is 77.8 Å². The van der Waals surface area contributed by atoms with Crippen molar-refractivity contribution in [3.8, 4) is 0 Å². The largest absolute Gasteiger partial charge is 0.478 e. The summed E-state index contributed by atoms with van der Waals surface area (Å²) in [5.74, 6) is -4.13. The minimum Gasteiger partial charge on any atom is -0.478 e. The Morgan fingerprint density at radius 3 is 2.54 bits per heavy atom. The predicted molar refractivity (Wildman–Crippen MR) is 42.9 cm³/mol. The van der Waals surface area contributed by atoms with Crippen molar-refractivity contribution < 1.29 is 18.7 Å². The molecule has 0 bridgehead atoms. The van der Waals surface area contributed by atoms with Crippen LogP contribution >= 0.6 is 11.6 Å². The fourth-order valence-corrected chi connectivity index (χ4v) is 1.03. The van der Waals surface area contributed by atoms with E-state index in [1.165, 1.54) is 0 Å². The van der Waals surface area contributed by atoms with E-state index in [9.17, 15) is 13.6 Å². The second-order valence-electron chi connectivity index (χ2n) is 2.38. The van der Waals surface area contributed by atoms with Gasteiger partial charge >= 0.3 is 5.97 Å². The van der Waals surface area contributed by atoms with Crippen molar-refractivity contribution in [2.45, 2.75) is 5.88 Å². The van der Waals surface area contributed by atoms with Gasteiger partial charge in [0, 0.05) is 5.88 Å². The summed E-state index contributed by atoms with van der Waals surface area (Å²) < 4.78 is 25.5. The number of hydrogen-bond acceptors (Lipinski definition) is 1.